The Balaban J connectivity index is 1.51. The summed E-state index contributed by atoms with van der Waals surface area (Å²) >= 11 is 0. The van der Waals surface area contributed by atoms with Crippen molar-refractivity contribution in [2.75, 3.05) is 46.2 Å². The lowest BCUT2D eigenvalue weighted by molar-refractivity contribution is -0.123. The second kappa shape index (κ2) is 10.1. The molecule has 8 heteroatoms. The molecule has 6 rings (SSSR count). The number of nitrogens with one attached hydrogen (secondary N) is 1. The van der Waals surface area contributed by atoms with Gasteiger partial charge in [-0.1, -0.05) is 42.5 Å². The van der Waals surface area contributed by atoms with Gasteiger partial charge in [-0.15, -0.1) is 0 Å². The zero-order valence-corrected chi connectivity index (χ0v) is 20.9. The first-order valence-corrected chi connectivity index (χ1v) is 12.9. The van der Waals surface area contributed by atoms with E-state index in [9.17, 15) is 9.59 Å². The van der Waals surface area contributed by atoms with Gasteiger partial charge in [-0.3, -0.25) is 14.9 Å². The number of carbonyl (C=O) groups excluding carboxylic acids is 2. The molecule has 2 amide bonds. The van der Waals surface area contributed by atoms with Crippen LogP contribution >= 0.6 is 0 Å². The lowest BCUT2D eigenvalue weighted by atomic mass is 9.84. The predicted octanol–water partition coefficient (Wildman–Crippen LogP) is 2.73. The number of fused-ring (bicyclic) bond motifs is 11. The number of imide groups is 1. The van der Waals surface area contributed by atoms with Crippen LogP contribution in [0, 0.1) is 12.8 Å². The van der Waals surface area contributed by atoms with Crippen LogP contribution in [0.1, 0.15) is 11.3 Å². The predicted molar refractivity (Wildman–Crippen MR) is 140 cm³/mol. The molecular formula is C29H31N3O5. The van der Waals surface area contributed by atoms with Crippen molar-refractivity contribution >= 4 is 28.3 Å². The minimum atomic E-state index is -0.347. The Morgan fingerprint density at radius 3 is 2.32 bits per heavy atom. The molecule has 2 unspecified atom stereocenters. The highest BCUT2D eigenvalue weighted by Gasteiger charge is 2.42. The van der Waals surface area contributed by atoms with E-state index >= 15 is 0 Å². The maximum Gasteiger partial charge on any atom is 0.259 e. The van der Waals surface area contributed by atoms with E-state index in [0.717, 1.165) is 27.7 Å². The molecule has 0 radical (unpaired) electrons. The van der Waals surface area contributed by atoms with Crippen LogP contribution in [0.3, 0.4) is 0 Å². The number of carbonyl (C=O) groups is 2. The maximum absolute atomic E-state index is 13.4. The van der Waals surface area contributed by atoms with E-state index in [1.807, 2.05) is 43.5 Å². The lowest BCUT2D eigenvalue weighted by Gasteiger charge is -2.28. The third-order valence-corrected chi connectivity index (χ3v) is 7.55. The molecular weight excluding hydrogens is 470 g/mol. The van der Waals surface area contributed by atoms with Crippen LogP contribution in [0.5, 0.6) is 0 Å². The maximum atomic E-state index is 13.4. The fraction of sp³-hybridized carbons (Fsp3) is 0.379. The molecule has 192 valence electrons. The van der Waals surface area contributed by atoms with Gasteiger partial charge in [0, 0.05) is 47.4 Å². The van der Waals surface area contributed by atoms with Crippen LogP contribution < -0.4 is 5.32 Å². The fourth-order valence-corrected chi connectivity index (χ4v) is 5.87. The van der Waals surface area contributed by atoms with Gasteiger partial charge < -0.3 is 23.7 Å². The van der Waals surface area contributed by atoms with E-state index in [4.69, 9.17) is 14.2 Å². The topological polar surface area (TPSA) is 82.0 Å². The first-order valence-electron chi connectivity index (χ1n) is 12.9. The number of allylic oxidation sites excluding steroid dienone is 2. The molecule has 1 aromatic heterocycles. The van der Waals surface area contributed by atoms with Gasteiger partial charge in [-0.2, -0.15) is 0 Å². The molecule has 0 spiro atoms. The molecule has 8 nitrogen and oxygen atoms in total. The number of hydrogen-bond acceptors (Lipinski definition) is 6. The van der Waals surface area contributed by atoms with Crippen molar-refractivity contribution in [1.29, 1.82) is 0 Å². The zero-order valence-electron chi connectivity index (χ0n) is 20.9. The normalized spacial score (nSPS) is 24.9. The Hall–Kier alpha value is -3.46. The summed E-state index contributed by atoms with van der Waals surface area (Å²) in [4.78, 5) is 28.9. The highest BCUT2D eigenvalue weighted by Crippen LogP contribution is 2.43. The van der Waals surface area contributed by atoms with Crippen molar-refractivity contribution < 1.29 is 23.8 Å². The van der Waals surface area contributed by atoms with E-state index in [0.29, 0.717) is 63.9 Å². The molecule has 1 aromatic carbocycles. The van der Waals surface area contributed by atoms with E-state index in [-0.39, 0.29) is 23.8 Å². The quantitative estimate of drug-likeness (QED) is 0.559. The smallest absolute Gasteiger partial charge is 0.259 e. The average molecular weight is 502 g/mol. The third kappa shape index (κ3) is 4.25. The number of rotatable bonds is 0. The number of aromatic nitrogens is 1. The van der Waals surface area contributed by atoms with Gasteiger partial charge in [0.1, 0.15) is 0 Å². The van der Waals surface area contributed by atoms with Gasteiger partial charge in [-0.05, 0) is 18.6 Å². The van der Waals surface area contributed by atoms with Gasteiger partial charge in [0.15, 0.2) is 0 Å². The van der Waals surface area contributed by atoms with E-state index in [1.54, 1.807) is 0 Å². The number of ether oxygens (including phenoxy) is 3. The van der Waals surface area contributed by atoms with Crippen molar-refractivity contribution in [2.45, 2.75) is 19.5 Å². The van der Waals surface area contributed by atoms with E-state index < -0.39 is 0 Å². The molecule has 0 saturated heterocycles. The van der Waals surface area contributed by atoms with Gasteiger partial charge in [0.2, 0.25) is 0 Å². The van der Waals surface area contributed by atoms with E-state index in [1.165, 1.54) is 0 Å². The van der Waals surface area contributed by atoms with Crippen LogP contribution in [0.4, 0.5) is 0 Å². The average Bonchev–Trinajstić information content (AvgIpc) is 3.50. The first-order chi connectivity index (χ1) is 18.1. The summed E-state index contributed by atoms with van der Waals surface area (Å²) in [6, 6.07) is 8.11. The van der Waals surface area contributed by atoms with Crippen LogP contribution in [-0.4, -0.2) is 73.5 Å². The van der Waals surface area contributed by atoms with Crippen molar-refractivity contribution in [3.63, 3.8) is 0 Å². The molecule has 3 aliphatic heterocycles. The molecule has 4 bridgehead atoms. The lowest BCUT2D eigenvalue weighted by Crippen LogP contribution is -2.33. The number of amides is 2. The molecule has 1 aliphatic carbocycles. The van der Waals surface area contributed by atoms with Crippen molar-refractivity contribution in [3.05, 3.63) is 77.2 Å². The summed E-state index contributed by atoms with van der Waals surface area (Å²) in [5.41, 5.74) is 4.55. The van der Waals surface area contributed by atoms with Crippen molar-refractivity contribution in [3.8, 4) is 0 Å². The summed E-state index contributed by atoms with van der Waals surface area (Å²) in [6.45, 7) is 6.40. The largest absolute Gasteiger partial charge is 0.377 e. The molecule has 4 aliphatic rings. The zero-order chi connectivity index (χ0) is 25.4. The highest BCUT2D eigenvalue weighted by molar-refractivity contribution is 6.39. The van der Waals surface area contributed by atoms with Gasteiger partial charge >= 0.3 is 0 Å². The summed E-state index contributed by atoms with van der Waals surface area (Å²) in [5, 5.41) is 3.55. The summed E-state index contributed by atoms with van der Waals surface area (Å²) < 4.78 is 19.5. The van der Waals surface area contributed by atoms with Crippen molar-refractivity contribution in [2.24, 2.45) is 5.92 Å². The summed E-state index contributed by atoms with van der Waals surface area (Å²) in [7, 11) is 0. The number of para-hydroxylation sites is 1. The summed E-state index contributed by atoms with van der Waals surface area (Å²) in [5.74, 6) is -0.712. The molecule has 4 heterocycles. The molecule has 2 aromatic rings. The Labute approximate surface area is 215 Å². The summed E-state index contributed by atoms with van der Waals surface area (Å²) in [6.07, 6.45) is 10.4. The fourth-order valence-electron chi connectivity index (χ4n) is 5.87. The number of nitrogens with zero attached hydrogens (tertiary/aromatic N) is 2. The van der Waals surface area contributed by atoms with Crippen LogP contribution in [-0.2, 0) is 30.3 Å². The first kappa shape index (κ1) is 23.9. The molecule has 0 fully saturated rings. The number of hydrogen-bond donors (Lipinski definition) is 1. The Morgan fingerprint density at radius 2 is 1.51 bits per heavy atom. The van der Waals surface area contributed by atoms with Gasteiger partial charge in [0.25, 0.3) is 11.8 Å². The highest BCUT2D eigenvalue weighted by atomic mass is 16.5. The monoisotopic (exact) mass is 501 g/mol. The third-order valence-electron chi connectivity index (χ3n) is 7.55. The van der Waals surface area contributed by atoms with Crippen LogP contribution in [0.25, 0.3) is 16.5 Å². The molecule has 2 atom stereocenters. The second-order valence-corrected chi connectivity index (χ2v) is 9.61. The Bertz CT molecular complexity index is 1370. The van der Waals surface area contributed by atoms with Gasteiger partial charge in [0.05, 0.1) is 56.8 Å². The van der Waals surface area contributed by atoms with Crippen LogP contribution in [0.2, 0.25) is 0 Å². The Kier molecular flexibility index (Phi) is 6.54. The van der Waals surface area contributed by atoms with E-state index in [2.05, 4.69) is 33.0 Å². The second-order valence-electron chi connectivity index (χ2n) is 9.61. The molecule has 0 saturated carbocycles. The van der Waals surface area contributed by atoms with Crippen LogP contribution in [0.15, 0.2) is 65.9 Å². The van der Waals surface area contributed by atoms with Gasteiger partial charge in [-0.25, -0.2) is 0 Å². The standard InChI is InChI=1S/C29H31N3O5/c1-19-25-21-7-3-5-9-24(21)32(19)11-13-36-15-17-37-16-14-35-12-10-31-18-22(20-6-2-4-8-23(20)31)26-27(25)29(34)30-28(26)33/h2-9,18,20,23H,10-17H2,1H3,(H,30,33,34). The Morgan fingerprint density at radius 1 is 0.838 bits per heavy atom. The van der Waals surface area contributed by atoms with Crippen molar-refractivity contribution in [1.82, 2.24) is 14.8 Å². The number of benzene rings is 1. The minimum Gasteiger partial charge on any atom is -0.377 e. The minimum absolute atomic E-state index is 0.0253. The molecule has 1 N–H and O–H groups in total. The molecule has 37 heavy (non-hydrogen) atoms. The SMILES string of the molecule is Cc1c2c3ccccc3n1CCOCCOCCOCCN1C=C(C3=C2C(=O)NC3=O)C2C=CC=CC21.